The topological polar surface area (TPSA) is 96.7 Å². The molecule has 0 radical (unpaired) electrons. The van der Waals surface area contributed by atoms with Gasteiger partial charge < -0.3 is 9.47 Å². The maximum atomic E-state index is 11.9. The zero-order valence-electron chi connectivity index (χ0n) is 27.1. The molecule has 2 aliphatic heterocycles. The number of fused-ring (bicyclic) bond motifs is 1. The largest absolute Gasteiger partial charge is 0.488 e. The normalized spacial score (nSPS) is 19.1. The lowest BCUT2D eigenvalue weighted by Crippen LogP contribution is -2.35. The number of carbonyl (C=O) groups is 1. The zero-order chi connectivity index (χ0) is 31.8. The smallest absolute Gasteiger partial charge is 0.318 e. The number of benzene rings is 1. The van der Waals surface area contributed by atoms with E-state index in [1.54, 1.807) is 18.1 Å². The lowest BCUT2D eigenvalue weighted by molar-refractivity contribution is -0.114. The van der Waals surface area contributed by atoms with Crippen molar-refractivity contribution in [1.29, 1.82) is 0 Å². The molecule has 3 aliphatic rings. The molecule has 5 rings (SSSR count). The first-order chi connectivity index (χ1) is 21.9. The Bertz CT molecular complexity index is 1520. The van der Waals surface area contributed by atoms with Crippen molar-refractivity contribution >= 4 is 23.5 Å². The van der Waals surface area contributed by atoms with Gasteiger partial charge in [0.1, 0.15) is 18.2 Å². The van der Waals surface area contributed by atoms with Gasteiger partial charge in [-0.25, -0.2) is 4.98 Å². The van der Waals surface area contributed by atoms with Gasteiger partial charge in [-0.05, 0) is 91.8 Å². The molecule has 0 spiro atoms. The van der Waals surface area contributed by atoms with Gasteiger partial charge in [0.25, 0.3) is 0 Å². The molecule has 9 heteroatoms. The molecule has 1 saturated heterocycles. The highest BCUT2D eigenvalue weighted by molar-refractivity contribution is 6.12. The number of aromatic nitrogens is 1. The highest BCUT2D eigenvalue weighted by atomic mass is 16.5. The Morgan fingerprint density at radius 1 is 1.22 bits per heavy atom. The second-order valence-electron chi connectivity index (χ2n) is 12.3. The summed E-state index contributed by atoms with van der Waals surface area (Å²) in [7, 11) is 1.76. The predicted octanol–water partition coefficient (Wildman–Crippen LogP) is 6.89. The minimum absolute atomic E-state index is 0.174. The number of allylic oxidation sites excluding steroid dienone is 4. The maximum absolute atomic E-state index is 11.9. The van der Waals surface area contributed by atoms with Crippen LogP contribution < -0.4 is 5.01 Å². The van der Waals surface area contributed by atoms with Crippen LogP contribution in [-0.2, 0) is 33.8 Å². The second kappa shape index (κ2) is 15.4. The molecule has 0 N–H and O–H groups in total. The van der Waals surface area contributed by atoms with E-state index in [-0.39, 0.29) is 5.57 Å². The molecular weight excluding hydrogens is 566 g/mol. The summed E-state index contributed by atoms with van der Waals surface area (Å²) >= 11 is 0. The number of ether oxygens (including phenoxy) is 2. The first kappa shape index (κ1) is 32.4. The van der Waals surface area contributed by atoms with Crippen LogP contribution in [0.5, 0.6) is 0 Å². The van der Waals surface area contributed by atoms with Crippen molar-refractivity contribution < 1.29 is 14.3 Å². The van der Waals surface area contributed by atoms with Gasteiger partial charge in [-0.3, -0.25) is 14.7 Å². The van der Waals surface area contributed by atoms with Gasteiger partial charge in [0.15, 0.2) is 0 Å². The quantitative estimate of drug-likeness (QED) is 0.112. The van der Waals surface area contributed by atoms with Crippen molar-refractivity contribution in [3.8, 4) is 0 Å². The van der Waals surface area contributed by atoms with E-state index < -0.39 is 5.91 Å². The molecule has 238 valence electrons. The van der Waals surface area contributed by atoms with Gasteiger partial charge in [0, 0.05) is 44.0 Å². The van der Waals surface area contributed by atoms with Crippen LogP contribution >= 0.6 is 0 Å². The van der Waals surface area contributed by atoms with Crippen LogP contribution in [0.4, 0.5) is 5.82 Å². The van der Waals surface area contributed by atoms with E-state index in [0.29, 0.717) is 24.8 Å². The molecule has 3 heterocycles. The molecule has 2 aromatic rings. The van der Waals surface area contributed by atoms with Gasteiger partial charge in [-0.1, -0.05) is 43.7 Å². The average molecular weight is 612 g/mol. The Hall–Kier alpha value is -3.95. The van der Waals surface area contributed by atoms with Crippen LogP contribution in [-0.4, -0.2) is 55.4 Å². The van der Waals surface area contributed by atoms with Crippen LogP contribution in [0.1, 0.15) is 73.9 Å². The number of hydrogen-bond acceptors (Lipinski definition) is 8. The summed E-state index contributed by atoms with van der Waals surface area (Å²) in [6.45, 7) is 11.9. The molecular formula is C36H45N5O4. The van der Waals surface area contributed by atoms with Crippen LogP contribution in [0.3, 0.4) is 0 Å². The van der Waals surface area contributed by atoms with Crippen molar-refractivity contribution in [2.24, 2.45) is 16.2 Å². The molecule has 1 aromatic carbocycles. The number of pyridine rings is 1. The number of unbranched alkanes of at least 4 members (excludes halogenated alkanes) is 1. The number of hydrazone groups is 1. The number of anilines is 1. The van der Waals surface area contributed by atoms with Crippen LogP contribution in [0.2, 0.25) is 0 Å². The van der Waals surface area contributed by atoms with E-state index >= 15 is 0 Å². The third kappa shape index (κ3) is 8.02. The highest BCUT2D eigenvalue weighted by Crippen LogP contribution is 2.35. The van der Waals surface area contributed by atoms with Crippen molar-refractivity contribution in [1.82, 2.24) is 9.88 Å². The Labute approximate surface area is 266 Å². The predicted molar refractivity (Wildman–Crippen MR) is 179 cm³/mol. The van der Waals surface area contributed by atoms with Crippen molar-refractivity contribution in [3.05, 3.63) is 92.2 Å². The lowest BCUT2D eigenvalue weighted by atomic mass is 9.91. The molecule has 0 unspecified atom stereocenters. The SMILES string of the molecule is CCC/C=C(/C=N\N(C)c1cccc(C2=CCCC(C)=C2OCc2ccc3c(c2C)CCN(C[C@@H]2CCOC2)C3)n1)C(=O)N=O. The summed E-state index contributed by atoms with van der Waals surface area (Å²) in [5.74, 6) is 1.32. The summed E-state index contributed by atoms with van der Waals surface area (Å²) in [5.41, 5.74) is 8.62. The molecule has 0 saturated carbocycles. The molecule has 1 aromatic heterocycles. The Morgan fingerprint density at radius 2 is 2.09 bits per heavy atom. The van der Waals surface area contributed by atoms with Gasteiger partial charge in [0.2, 0.25) is 0 Å². The highest BCUT2D eigenvalue weighted by Gasteiger charge is 2.25. The molecule has 1 atom stereocenters. The second-order valence-corrected chi connectivity index (χ2v) is 12.3. The summed E-state index contributed by atoms with van der Waals surface area (Å²) in [5, 5.41) is 8.51. The van der Waals surface area contributed by atoms with Crippen LogP contribution in [0.15, 0.2) is 69.7 Å². The Balaban J connectivity index is 1.28. The van der Waals surface area contributed by atoms with Crippen LogP contribution in [0.25, 0.3) is 5.57 Å². The standard InChI is InChI=1S/C36H45N5O4/c1-5-6-10-28(36(42)39-43)20-37-40(4)34-13-8-12-33(38-34)32-11-7-9-25(2)35(32)45-24-30-15-14-29-22-41(18-16-31(29)26(30)3)21-27-17-19-44-23-27/h8,10-15,20,27H,5-7,9,16-19,21-24H2,1-4H3/b28-10-,37-20-/t27-/m0/s1. The lowest BCUT2D eigenvalue weighted by Gasteiger charge is -2.32. The fraction of sp³-hybridized carbons (Fsp3) is 0.472. The van der Waals surface area contributed by atoms with E-state index in [1.807, 2.05) is 25.1 Å². The molecule has 45 heavy (non-hydrogen) atoms. The fourth-order valence-electron chi connectivity index (χ4n) is 6.30. The number of nitrogens with zero attached hydrogens (tertiary/aromatic N) is 5. The Kier molecular flexibility index (Phi) is 11.1. The van der Waals surface area contributed by atoms with Crippen molar-refractivity contribution in [3.63, 3.8) is 0 Å². The molecule has 9 nitrogen and oxygen atoms in total. The molecule has 1 aliphatic carbocycles. The third-order valence-electron chi connectivity index (χ3n) is 8.99. The summed E-state index contributed by atoms with van der Waals surface area (Å²) < 4.78 is 12.2. The number of hydrogen-bond donors (Lipinski definition) is 0. The van der Waals surface area contributed by atoms with E-state index in [1.165, 1.54) is 40.5 Å². The minimum Gasteiger partial charge on any atom is -0.488 e. The van der Waals surface area contributed by atoms with Crippen LogP contribution in [0, 0.1) is 17.7 Å². The number of rotatable bonds is 12. The van der Waals surface area contributed by atoms with E-state index in [0.717, 1.165) is 75.6 Å². The van der Waals surface area contributed by atoms with Crippen molar-refractivity contribution in [2.75, 3.05) is 38.4 Å². The van der Waals surface area contributed by atoms with E-state index in [9.17, 15) is 9.70 Å². The van der Waals surface area contributed by atoms with Gasteiger partial charge >= 0.3 is 5.91 Å². The van der Waals surface area contributed by atoms with E-state index in [4.69, 9.17) is 14.5 Å². The van der Waals surface area contributed by atoms with Gasteiger partial charge in [-0.15, -0.1) is 4.91 Å². The summed E-state index contributed by atoms with van der Waals surface area (Å²) in [4.78, 5) is 30.2. The molecule has 1 fully saturated rings. The molecule has 1 amide bonds. The fourth-order valence-corrected chi connectivity index (χ4v) is 6.30. The summed E-state index contributed by atoms with van der Waals surface area (Å²) in [6.07, 6.45) is 10.9. The minimum atomic E-state index is -0.830. The number of carbonyl (C=O) groups excluding carboxylic acids is 1. The van der Waals surface area contributed by atoms with Crippen molar-refractivity contribution in [2.45, 2.75) is 72.4 Å². The summed E-state index contributed by atoms with van der Waals surface area (Å²) in [6, 6.07) is 10.3. The average Bonchev–Trinajstić information content (AvgIpc) is 3.57. The monoisotopic (exact) mass is 611 g/mol. The van der Waals surface area contributed by atoms with Gasteiger partial charge in [-0.2, -0.15) is 5.10 Å². The zero-order valence-corrected chi connectivity index (χ0v) is 27.1. The van der Waals surface area contributed by atoms with Gasteiger partial charge in [0.05, 0.1) is 24.1 Å². The number of amides is 1. The first-order valence-corrected chi connectivity index (χ1v) is 16.1. The third-order valence-corrected chi connectivity index (χ3v) is 8.99. The molecule has 0 bridgehead atoms. The van der Waals surface area contributed by atoms with E-state index in [2.05, 4.69) is 47.2 Å². The number of nitroso groups, excluding NO2 is 1. The first-order valence-electron chi connectivity index (χ1n) is 16.1. The Morgan fingerprint density at radius 3 is 2.87 bits per heavy atom. The maximum Gasteiger partial charge on any atom is 0.318 e.